The van der Waals surface area contributed by atoms with Crippen LogP contribution in [0.15, 0.2) is 0 Å². The van der Waals surface area contributed by atoms with Gasteiger partial charge in [-0.3, -0.25) is 10.1 Å². The van der Waals surface area contributed by atoms with Gasteiger partial charge in [-0.1, -0.05) is 13.8 Å². The zero-order valence-electron chi connectivity index (χ0n) is 7.18. The highest BCUT2D eigenvalue weighted by molar-refractivity contribution is 5.96. The first kappa shape index (κ1) is 9.94. The Bertz CT molecular complexity index is 157. The number of rotatable bonds is 0. The molecule has 3 amide bonds. The van der Waals surface area contributed by atoms with Gasteiger partial charge in [0.05, 0.1) is 0 Å². The molecule has 0 spiro atoms. The SMILES string of the molecule is CC.CN1CCC(=O)NC1=O. The average molecular weight is 158 g/mol. The van der Waals surface area contributed by atoms with E-state index in [1.807, 2.05) is 13.8 Å². The van der Waals surface area contributed by atoms with Gasteiger partial charge < -0.3 is 4.90 Å². The fourth-order valence-corrected chi connectivity index (χ4v) is 0.648. The number of carbonyl (C=O) groups is 2. The fraction of sp³-hybridized carbons (Fsp3) is 0.714. The standard InChI is InChI=1S/C5H8N2O2.C2H6/c1-7-3-2-4(8)6-5(7)9;1-2/h2-3H2,1H3,(H,6,8,9);1-2H3. The van der Waals surface area contributed by atoms with E-state index < -0.39 is 0 Å². The molecule has 64 valence electrons. The molecule has 0 aromatic rings. The highest BCUT2D eigenvalue weighted by Crippen LogP contribution is 1.94. The van der Waals surface area contributed by atoms with Crippen LogP contribution in [0, 0.1) is 0 Å². The minimum Gasteiger partial charge on any atom is -0.327 e. The molecular weight excluding hydrogens is 144 g/mol. The molecule has 0 aliphatic carbocycles. The third kappa shape index (κ3) is 3.02. The van der Waals surface area contributed by atoms with Gasteiger partial charge in [0, 0.05) is 20.0 Å². The summed E-state index contributed by atoms with van der Waals surface area (Å²) in [5.41, 5.74) is 0. The van der Waals surface area contributed by atoms with Gasteiger partial charge >= 0.3 is 6.03 Å². The summed E-state index contributed by atoms with van der Waals surface area (Å²) in [6, 6.07) is -0.300. The molecule has 0 bridgehead atoms. The molecule has 4 heteroatoms. The predicted octanol–water partition coefficient (Wildman–Crippen LogP) is 0.584. The molecule has 0 aromatic heterocycles. The van der Waals surface area contributed by atoms with Crippen molar-refractivity contribution in [3.63, 3.8) is 0 Å². The maximum absolute atomic E-state index is 10.6. The van der Waals surface area contributed by atoms with Gasteiger partial charge in [0.1, 0.15) is 0 Å². The van der Waals surface area contributed by atoms with Crippen LogP contribution in [0.1, 0.15) is 20.3 Å². The van der Waals surface area contributed by atoms with Crippen LogP contribution < -0.4 is 5.32 Å². The quantitative estimate of drug-likeness (QED) is 0.560. The number of hydrogen-bond acceptors (Lipinski definition) is 2. The highest BCUT2D eigenvalue weighted by Gasteiger charge is 2.18. The minimum absolute atomic E-state index is 0.182. The van der Waals surface area contributed by atoms with Crippen molar-refractivity contribution in [3.05, 3.63) is 0 Å². The molecule has 0 radical (unpaired) electrons. The maximum atomic E-state index is 10.6. The van der Waals surface area contributed by atoms with Crippen LogP contribution in [0.25, 0.3) is 0 Å². The van der Waals surface area contributed by atoms with Gasteiger partial charge in [-0.2, -0.15) is 0 Å². The second-order valence-corrected chi connectivity index (χ2v) is 2.02. The molecule has 0 aromatic carbocycles. The topological polar surface area (TPSA) is 49.4 Å². The summed E-state index contributed by atoms with van der Waals surface area (Å²) in [5, 5.41) is 2.18. The summed E-state index contributed by atoms with van der Waals surface area (Å²) in [4.78, 5) is 22.5. The molecule has 1 N–H and O–H groups in total. The van der Waals surface area contributed by atoms with E-state index in [1.165, 1.54) is 4.90 Å². The van der Waals surface area contributed by atoms with Crippen molar-refractivity contribution in [1.82, 2.24) is 10.2 Å². The minimum atomic E-state index is -0.300. The molecule has 1 rings (SSSR count). The van der Waals surface area contributed by atoms with Crippen molar-refractivity contribution < 1.29 is 9.59 Å². The lowest BCUT2D eigenvalue weighted by Gasteiger charge is -2.21. The zero-order chi connectivity index (χ0) is 8.85. The molecule has 0 unspecified atom stereocenters. The normalized spacial score (nSPS) is 16.8. The Morgan fingerprint density at radius 2 is 1.91 bits per heavy atom. The van der Waals surface area contributed by atoms with E-state index in [2.05, 4.69) is 5.32 Å². The van der Waals surface area contributed by atoms with Crippen LogP contribution in [-0.4, -0.2) is 30.4 Å². The molecule has 0 atom stereocenters. The van der Waals surface area contributed by atoms with Crippen LogP contribution in [-0.2, 0) is 4.79 Å². The highest BCUT2D eigenvalue weighted by atomic mass is 16.2. The Kier molecular flexibility index (Phi) is 4.26. The van der Waals surface area contributed by atoms with Crippen LogP contribution >= 0.6 is 0 Å². The van der Waals surface area contributed by atoms with E-state index in [0.29, 0.717) is 13.0 Å². The average Bonchev–Trinajstić information content (AvgIpc) is 2.02. The Balaban J connectivity index is 0.000000461. The van der Waals surface area contributed by atoms with Gasteiger partial charge in [0.25, 0.3) is 0 Å². The third-order valence-electron chi connectivity index (χ3n) is 1.27. The number of urea groups is 1. The number of carbonyl (C=O) groups excluding carboxylic acids is 2. The molecule has 1 aliphatic heterocycles. The number of nitrogens with zero attached hydrogens (tertiary/aromatic N) is 1. The van der Waals surface area contributed by atoms with Crippen LogP contribution in [0.3, 0.4) is 0 Å². The second-order valence-electron chi connectivity index (χ2n) is 2.02. The molecular formula is C7H14N2O2. The molecule has 1 saturated heterocycles. The lowest BCUT2D eigenvalue weighted by atomic mass is 10.3. The van der Waals surface area contributed by atoms with Crippen molar-refractivity contribution in [3.8, 4) is 0 Å². The fourth-order valence-electron chi connectivity index (χ4n) is 0.648. The number of nitrogens with one attached hydrogen (secondary N) is 1. The summed E-state index contributed by atoms with van der Waals surface area (Å²) in [6.07, 6.45) is 0.419. The third-order valence-corrected chi connectivity index (χ3v) is 1.27. The summed E-state index contributed by atoms with van der Waals surface area (Å²) in [6.45, 7) is 4.53. The largest absolute Gasteiger partial charge is 0.327 e. The van der Waals surface area contributed by atoms with Crippen molar-refractivity contribution in [1.29, 1.82) is 0 Å². The summed E-state index contributed by atoms with van der Waals surface area (Å²) in [5.74, 6) is -0.182. The first-order valence-corrected chi connectivity index (χ1v) is 3.75. The van der Waals surface area contributed by atoms with E-state index in [4.69, 9.17) is 0 Å². The lowest BCUT2D eigenvalue weighted by molar-refractivity contribution is -0.121. The Hall–Kier alpha value is -1.06. The van der Waals surface area contributed by atoms with E-state index in [9.17, 15) is 9.59 Å². The first-order chi connectivity index (χ1) is 5.20. The molecule has 0 saturated carbocycles. The van der Waals surface area contributed by atoms with Gasteiger partial charge in [-0.25, -0.2) is 4.79 Å². The molecule has 1 fully saturated rings. The van der Waals surface area contributed by atoms with Crippen LogP contribution in [0.2, 0.25) is 0 Å². The summed E-state index contributed by atoms with van der Waals surface area (Å²) < 4.78 is 0. The molecule has 1 heterocycles. The predicted molar refractivity (Wildman–Crippen MR) is 42.1 cm³/mol. The summed E-state index contributed by atoms with van der Waals surface area (Å²) in [7, 11) is 1.65. The Morgan fingerprint density at radius 1 is 1.36 bits per heavy atom. The Morgan fingerprint density at radius 3 is 2.27 bits per heavy atom. The number of amides is 3. The van der Waals surface area contributed by atoms with E-state index in [0.717, 1.165) is 0 Å². The maximum Gasteiger partial charge on any atom is 0.323 e. The summed E-state index contributed by atoms with van der Waals surface area (Å²) >= 11 is 0. The van der Waals surface area contributed by atoms with Gasteiger partial charge in [0.15, 0.2) is 0 Å². The van der Waals surface area contributed by atoms with E-state index >= 15 is 0 Å². The van der Waals surface area contributed by atoms with Crippen LogP contribution in [0.4, 0.5) is 4.79 Å². The Labute approximate surface area is 66.6 Å². The smallest absolute Gasteiger partial charge is 0.323 e. The monoisotopic (exact) mass is 158 g/mol. The second kappa shape index (κ2) is 4.71. The van der Waals surface area contributed by atoms with E-state index in [1.54, 1.807) is 7.05 Å². The van der Waals surface area contributed by atoms with Crippen molar-refractivity contribution in [2.45, 2.75) is 20.3 Å². The lowest BCUT2D eigenvalue weighted by Crippen LogP contribution is -2.47. The number of hydrogen-bond donors (Lipinski definition) is 1. The zero-order valence-corrected chi connectivity index (χ0v) is 7.18. The molecule has 11 heavy (non-hydrogen) atoms. The van der Waals surface area contributed by atoms with Gasteiger partial charge in [-0.05, 0) is 0 Å². The van der Waals surface area contributed by atoms with E-state index in [-0.39, 0.29) is 11.9 Å². The van der Waals surface area contributed by atoms with Crippen molar-refractivity contribution in [2.75, 3.05) is 13.6 Å². The van der Waals surface area contributed by atoms with Crippen LogP contribution in [0.5, 0.6) is 0 Å². The first-order valence-electron chi connectivity index (χ1n) is 3.75. The number of imide groups is 1. The molecule has 4 nitrogen and oxygen atoms in total. The van der Waals surface area contributed by atoms with Crippen molar-refractivity contribution in [2.24, 2.45) is 0 Å². The van der Waals surface area contributed by atoms with Gasteiger partial charge in [-0.15, -0.1) is 0 Å². The van der Waals surface area contributed by atoms with Gasteiger partial charge in [0.2, 0.25) is 5.91 Å². The molecule has 1 aliphatic rings. The van der Waals surface area contributed by atoms with Crippen molar-refractivity contribution >= 4 is 11.9 Å².